The summed E-state index contributed by atoms with van der Waals surface area (Å²) in [4.78, 5) is 13.3. The zero-order valence-corrected chi connectivity index (χ0v) is 11.8. The van der Waals surface area contributed by atoms with Gasteiger partial charge < -0.3 is 14.9 Å². The van der Waals surface area contributed by atoms with Crippen LogP contribution in [0.5, 0.6) is 0 Å². The Kier molecular flexibility index (Phi) is 2.59. The predicted molar refractivity (Wildman–Crippen MR) is 71.4 cm³/mol. The zero-order valence-electron chi connectivity index (χ0n) is 11.0. The molecule has 2 aromatic rings. The number of aromatic nitrogens is 4. The number of fused-ring (bicyclic) bond motifs is 5. The Morgan fingerprint density at radius 3 is 2.85 bits per heavy atom. The summed E-state index contributed by atoms with van der Waals surface area (Å²) < 4.78 is 7.67. The van der Waals surface area contributed by atoms with Crippen LogP contribution in [-0.2, 0) is 4.74 Å². The zero-order chi connectivity index (χ0) is 14.0. The van der Waals surface area contributed by atoms with E-state index in [1.165, 1.54) is 11.8 Å². The molecule has 2 aliphatic rings. The quantitative estimate of drug-likeness (QED) is 0.774. The molecule has 0 amide bonds. The molecule has 0 bridgehead atoms. The second-order valence-corrected chi connectivity index (χ2v) is 6.26. The van der Waals surface area contributed by atoms with Crippen molar-refractivity contribution >= 4 is 22.9 Å². The highest BCUT2D eigenvalue weighted by atomic mass is 32.2. The third-order valence-electron chi connectivity index (χ3n) is 3.78. The second-order valence-electron chi connectivity index (χ2n) is 5.11. The number of aryl methyl sites for hydroxylation is 2. The van der Waals surface area contributed by atoms with Gasteiger partial charge in [0.25, 0.3) is 0 Å². The first-order chi connectivity index (χ1) is 9.60. The molecular weight excluding hydrogens is 280 g/mol. The Morgan fingerprint density at radius 2 is 2.10 bits per heavy atom. The molecule has 4 heterocycles. The highest BCUT2D eigenvalue weighted by molar-refractivity contribution is 8.00. The van der Waals surface area contributed by atoms with Gasteiger partial charge in [-0.15, -0.1) is 0 Å². The maximum absolute atomic E-state index is 10.2. The van der Waals surface area contributed by atoms with Gasteiger partial charge in [-0.2, -0.15) is 0 Å². The lowest BCUT2D eigenvalue weighted by molar-refractivity contribution is -0.0448. The van der Waals surface area contributed by atoms with Crippen molar-refractivity contribution in [3.63, 3.8) is 0 Å². The molecule has 4 rings (SSSR count). The normalized spacial score (nSPS) is 31.8. The molecular formula is C12H14N4O3S. The number of ether oxygens (including phenoxy) is 1. The minimum Gasteiger partial charge on any atom is -0.394 e. The molecule has 2 N–H and O–H groups in total. The van der Waals surface area contributed by atoms with Crippen LogP contribution >= 0.6 is 11.8 Å². The van der Waals surface area contributed by atoms with E-state index in [9.17, 15) is 10.2 Å². The summed E-state index contributed by atoms with van der Waals surface area (Å²) in [6.07, 6.45) is -1.58. The number of aliphatic hydroxyl groups excluding tert-OH is 2. The first-order valence-electron chi connectivity index (χ1n) is 6.44. The Morgan fingerprint density at radius 1 is 1.30 bits per heavy atom. The molecule has 0 radical (unpaired) electrons. The SMILES string of the molecule is Cc1nc(C)c2nc3n(c2n1)[C@@H]1O[C@H](CO)[C@@H](O)[C@@H]1S3. The average molecular weight is 294 g/mol. The lowest BCUT2D eigenvalue weighted by Crippen LogP contribution is -2.30. The maximum Gasteiger partial charge on any atom is 0.173 e. The van der Waals surface area contributed by atoms with Crippen LogP contribution in [0.1, 0.15) is 17.7 Å². The fourth-order valence-electron chi connectivity index (χ4n) is 2.87. The number of hydrogen-bond acceptors (Lipinski definition) is 7. The summed E-state index contributed by atoms with van der Waals surface area (Å²) in [6.45, 7) is 3.55. The van der Waals surface area contributed by atoms with Crippen molar-refractivity contribution in [3.05, 3.63) is 11.5 Å². The molecule has 0 aromatic carbocycles. The van der Waals surface area contributed by atoms with Crippen molar-refractivity contribution in [2.24, 2.45) is 0 Å². The van der Waals surface area contributed by atoms with Gasteiger partial charge in [-0.1, -0.05) is 11.8 Å². The summed E-state index contributed by atoms with van der Waals surface area (Å²) in [5.41, 5.74) is 2.33. The van der Waals surface area contributed by atoms with Gasteiger partial charge in [0.2, 0.25) is 0 Å². The van der Waals surface area contributed by atoms with Crippen LogP contribution in [0, 0.1) is 13.8 Å². The van der Waals surface area contributed by atoms with Crippen molar-refractivity contribution in [1.82, 2.24) is 19.5 Å². The Bertz CT molecular complexity index is 704. The van der Waals surface area contributed by atoms with Crippen LogP contribution in [-0.4, -0.2) is 53.8 Å². The molecule has 4 atom stereocenters. The van der Waals surface area contributed by atoms with E-state index in [2.05, 4.69) is 15.0 Å². The van der Waals surface area contributed by atoms with Gasteiger partial charge in [-0.25, -0.2) is 15.0 Å². The third-order valence-corrected chi connectivity index (χ3v) is 5.06. The van der Waals surface area contributed by atoms with Crippen LogP contribution < -0.4 is 0 Å². The van der Waals surface area contributed by atoms with Crippen LogP contribution in [0.4, 0.5) is 0 Å². The lowest BCUT2D eigenvalue weighted by atomic mass is 10.2. The van der Waals surface area contributed by atoms with E-state index in [-0.39, 0.29) is 18.1 Å². The van der Waals surface area contributed by atoms with Crippen LogP contribution in [0.25, 0.3) is 11.2 Å². The Balaban J connectivity index is 1.88. The van der Waals surface area contributed by atoms with Gasteiger partial charge in [-0.05, 0) is 13.8 Å². The van der Waals surface area contributed by atoms with Crippen LogP contribution in [0.15, 0.2) is 5.16 Å². The number of rotatable bonds is 1. The van der Waals surface area contributed by atoms with Crippen LogP contribution in [0.3, 0.4) is 0 Å². The van der Waals surface area contributed by atoms with Gasteiger partial charge in [0.05, 0.1) is 23.7 Å². The monoisotopic (exact) mass is 294 g/mol. The first-order valence-corrected chi connectivity index (χ1v) is 7.32. The first kappa shape index (κ1) is 12.5. The highest BCUT2D eigenvalue weighted by Gasteiger charge is 2.51. The maximum atomic E-state index is 10.2. The van der Waals surface area contributed by atoms with Crippen molar-refractivity contribution in [2.45, 2.75) is 42.7 Å². The number of imidazole rings is 1. The summed E-state index contributed by atoms with van der Waals surface area (Å²) in [5.74, 6) is 0.684. The molecule has 2 aliphatic heterocycles. The number of hydrogen-bond donors (Lipinski definition) is 2. The summed E-state index contributed by atoms with van der Waals surface area (Å²) in [6, 6.07) is 0. The molecule has 1 saturated heterocycles. The standard InChI is InChI=1S/C12H14N4O3S/c1-4-7-10(14-5(2)13-4)16-11-9(20-12(16)15-7)8(18)6(3-17)19-11/h6,8-9,11,17-18H,3H2,1-2H3/t6-,8-,9+,11-/m1/s1. The van der Waals surface area contributed by atoms with Gasteiger partial charge >= 0.3 is 0 Å². The van der Waals surface area contributed by atoms with E-state index in [0.29, 0.717) is 5.82 Å². The Labute approximate surface area is 119 Å². The molecule has 0 unspecified atom stereocenters. The summed E-state index contributed by atoms with van der Waals surface area (Å²) in [5, 5.41) is 20.0. The summed E-state index contributed by atoms with van der Waals surface area (Å²) >= 11 is 1.47. The lowest BCUT2D eigenvalue weighted by Gasteiger charge is -2.13. The number of nitrogens with zero attached hydrogens (tertiary/aromatic N) is 4. The molecule has 7 nitrogen and oxygen atoms in total. The van der Waals surface area contributed by atoms with Crippen molar-refractivity contribution in [3.8, 4) is 0 Å². The van der Waals surface area contributed by atoms with E-state index < -0.39 is 12.2 Å². The minimum absolute atomic E-state index is 0.144. The van der Waals surface area contributed by atoms with E-state index in [4.69, 9.17) is 4.74 Å². The fraction of sp³-hybridized carbons (Fsp3) is 0.583. The molecule has 0 spiro atoms. The third kappa shape index (κ3) is 1.50. The van der Waals surface area contributed by atoms with Gasteiger partial charge in [0.15, 0.2) is 17.0 Å². The molecule has 0 saturated carbocycles. The minimum atomic E-state index is -0.698. The van der Waals surface area contributed by atoms with Gasteiger partial charge in [0.1, 0.15) is 17.4 Å². The van der Waals surface area contributed by atoms with Crippen molar-refractivity contribution in [1.29, 1.82) is 0 Å². The van der Waals surface area contributed by atoms with Crippen molar-refractivity contribution < 1.29 is 14.9 Å². The van der Waals surface area contributed by atoms with Gasteiger partial charge in [0, 0.05) is 0 Å². The topological polar surface area (TPSA) is 93.3 Å². The molecule has 106 valence electrons. The molecule has 0 aliphatic carbocycles. The second kappa shape index (κ2) is 4.14. The molecule has 1 fully saturated rings. The average Bonchev–Trinajstić information content (AvgIpc) is 3.00. The van der Waals surface area contributed by atoms with Gasteiger partial charge in [-0.3, -0.25) is 4.57 Å². The van der Waals surface area contributed by atoms with E-state index in [1.807, 2.05) is 18.4 Å². The highest BCUT2D eigenvalue weighted by Crippen LogP contribution is 2.49. The number of thioether (sulfide) groups is 1. The van der Waals surface area contributed by atoms with Crippen LogP contribution in [0.2, 0.25) is 0 Å². The predicted octanol–water partition coefficient (Wildman–Crippen LogP) is 0.168. The number of aliphatic hydroxyl groups is 2. The van der Waals surface area contributed by atoms with E-state index in [0.717, 1.165) is 22.0 Å². The van der Waals surface area contributed by atoms with Crippen molar-refractivity contribution in [2.75, 3.05) is 6.61 Å². The smallest absolute Gasteiger partial charge is 0.173 e. The molecule has 2 aromatic heterocycles. The fourth-order valence-corrected chi connectivity index (χ4v) is 4.17. The molecule has 8 heteroatoms. The largest absolute Gasteiger partial charge is 0.394 e. The Hall–Kier alpha value is -1.22. The molecule has 20 heavy (non-hydrogen) atoms. The van der Waals surface area contributed by atoms with E-state index in [1.54, 1.807) is 0 Å². The van der Waals surface area contributed by atoms with E-state index >= 15 is 0 Å². The summed E-state index contributed by atoms with van der Waals surface area (Å²) in [7, 11) is 0.